The molecule has 6 nitrogen and oxygen atoms in total. The van der Waals surface area contributed by atoms with Crippen molar-refractivity contribution in [1.29, 1.82) is 0 Å². The van der Waals surface area contributed by atoms with Gasteiger partial charge in [-0.1, -0.05) is 75.7 Å². The number of aromatic hydroxyl groups is 1. The smallest absolute Gasteiger partial charge is 0.206 e. The molecule has 2 aromatic rings. The molecule has 2 aromatic carbocycles. The Kier molecular flexibility index (Phi) is 6.34. The number of carbonyl (C=O) groups is 4. The highest BCUT2D eigenvalue weighted by Crippen LogP contribution is 2.64. The average molecular weight is 529 g/mol. The lowest BCUT2D eigenvalue weighted by Crippen LogP contribution is -2.73. The molecule has 0 bridgehead atoms. The molecular formula is C33H36O6. The Morgan fingerprint density at radius 2 is 1.67 bits per heavy atom. The fraction of sp³-hybridized carbons (Fsp3) is 0.455. The third kappa shape index (κ3) is 3.71. The van der Waals surface area contributed by atoms with Gasteiger partial charge in [0.1, 0.15) is 5.75 Å². The summed E-state index contributed by atoms with van der Waals surface area (Å²) in [6, 6.07) is 14.7. The minimum absolute atomic E-state index is 0.0788. The highest BCUT2D eigenvalue weighted by atomic mass is 16.3. The van der Waals surface area contributed by atoms with E-state index in [2.05, 4.69) is 0 Å². The standard InChI is InChI=1S/C33H36O6/c1-18(2)26-22(15-14-20-10-7-6-8-11-20)24(19(3)34)29(37)33(39)30(38)27-28(36)25-21(12-9-13-23(25)35)16-31(27,4)17-32(26,33)5/h6-13,18,26-27,35,39H,14-17H2,1-5H3/t26?,27?,31-,32-,33+/m1/s1. The molecular weight excluding hydrogens is 492 g/mol. The van der Waals surface area contributed by atoms with Crippen LogP contribution >= 0.6 is 0 Å². The van der Waals surface area contributed by atoms with Crippen LogP contribution in [0.15, 0.2) is 59.7 Å². The molecule has 39 heavy (non-hydrogen) atoms. The quantitative estimate of drug-likeness (QED) is 0.425. The normalized spacial score (nSPS) is 32.1. The second kappa shape index (κ2) is 9.09. The molecule has 204 valence electrons. The van der Waals surface area contributed by atoms with Crippen molar-refractivity contribution in [2.75, 3.05) is 0 Å². The number of carbonyl (C=O) groups excluding carboxylic acids is 4. The summed E-state index contributed by atoms with van der Waals surface area (Å²) in [5, 5.41) is 22.8. The molecule has 2 unspecified atom stereocenters. The molecule has 0 aromatic heterocycles. The second-order valence-corrected chi connectivity index (χ2v) is 12.6. The monoisotopic (exact) mass is 528 g/mol. The van der Waals surface area contributed by atoms with Crippen LogP contribution < -0.4 is 0 Å². The van der Waals surface area contributed by atoms with Crippen molar-refractivity contribution in [1.82, 2.24) is 0 Å². The third-order valence-corrected chi connectivity index (χ3v) is 9.63. The minimum atomic E-state index is -2.53. The largest absolute Gasteiger partial charge is 0.507 e. The van der Waals surface area contributed by atoms with E-state index in [0.717, 1.165) is 5.56 Å². The first-order valence-corrected chi connectivity index (χ1v) is 13.7. The number of aliphatic hydroxyl groups is 1. The molecule has 0 aliphatic heterocycles. The summed E-state index contributed by atoms with van der Waals surface area (Å²) < 4.78 is 0. The van der Waals surface area contributed by atoms with Gasteiger partial charge in [-0.15, -0.1) is 0 Å². The van der Waals surface area contributed by atoms with Crippen molar-refractivity contribution >= 4 is 23.1 Å². The molecule has 1 fully saturated rings. The first kappa shape index (κ1) is 27.2. The summed E-state index contributed by atoms with van der Waals surface area (Å²) in [5.74, 6) is -4.85. The van der Waals surface area contributed by atoms with Crippen LogP contribution in [0.4, 0.5) is 0 Å². The van der Waals surface area contributed by atoms with Crippen LogP contribution in [0.3, 0.4) is 0 Å². The zero-order valence-electron chi connectivity index (χ0n) is 23.2. The van der Waals surface area contributed by atoms with Crippen LogP contribution in [0.5, 0.6) is 5.75 Å². The Morgan fingerprint density at radius 3 is 2.28 bits per heavy atom. The van der Waals surface area contributed by atoms with Crippen molar-refractivity contribution in [3.05, 3.63) is 76.4 Å². The number of hydrogen-bond acceptors (Lipinski definition) is 6. The SMILES string of the molecule is CC(=O)C1=C(CCc2ccccc2)C(C(C)C)[C@@]2(C)C[C@@]3(C)Cc4cccc(O)c4C(=O)C3C(=O)[C@@]2(O)C1=O. The first-order chi connectivity index (χ1) is 18.3. The van der Waals surface area contributed by atoms with Crippen molar-refractivity contribution in [3.63, 3.8) is 0 Å². The molecule has 0 saturated heterocycles. The Bertz CT molecular complexity index is 1440. The minimum Gasteiger partial charge on any atom is -0.507 e. The van der Waals surface area contributed by atoms with Crippen LogP contribution in [-0.2, 0) is 27.2 Å². The highest BCUT2D eigenvalue weighted by Gasteiger charge is 2.73. The maximum Gasteiger partial charge on any atom is 0.206 e. The van der Waals surface area contributed by atoms with E-state index in [1.165, 1.54) is 13.0 Å². The van der Waals surface area contributed by atoms with Crippen molar-refractivity contribution in [2.24, 2.45) is 28.6 Å². The van der Waals surface area contributed by atoms with E-state index in [4.69, 9.17) is 0 Å². The predicted octanol–water partition coefficient (Wildman–Crippen LogP) is 4.84. The van der Waals surface area contributed by atoms with Gasteiger partial charge in [0.05, 0.1) is 17.1 Å². The van der Waals surface area contributed by atoms with Gasteiger partial charge in [0.25, 0.3) is 0 Å². The lowest BCUT2D eigenvalue weighted by atomic mass is 9.40. The molecule has 0 radical (unpaired) electrons. The van der Waals surface area contributed by atoms with Gasteiger partial charge in [-0.2, -0.15) is 0 Å². The fourth-order valence-corrected chi connectivity index (χ4v) is 8.37. The van der Waals surface area contributed by atoms with Gasteiger partial charge in [0, 0.05) is 5.41 Å². The molecule has 3 aliphatic rings. The van der Waals surface area contributed by atoms with Gasteiger partial charge in [-0.25, -0.2) is 0 Å². The molecule has 0 heterocycles. The number of rotatable bonds is 5. The highest BCUT2D eigenvalue weighted by molar-refractivity contribution is 6.33. The van der Waals surface area contributed by atoms with Crippen molar-refractivity contribution in [2.45, 2.75) is 65.9 Å². The van der Waals surface area contributed by atoms with Crippen LogP contribution in [-0.4, -0.2) is 38.9 Å². The number of hydrogen-bond donors (Lipinski definition) is 2. The summed E-state index contributed by atoms with van der Waals surface area (Å²) in [7, 11) is 0. The number of Topliss-reactive ketones (excluding diaryl/α,β-unsaturated/α-hetero) is 4. The van der Waals surface area contributed by atoms with Crippen LogP contribution in [0.1, 0.15) is 68.9 Å². The number of phenolic OH excluding ortho intramolecular Hbond substituents is 1. The molecule has 0 spiro atoms. The topological polar surface area (TPSA) is 109 Å². The number of allylic oxidation sites excluding steroid dienone is 1. The second-order valence-electron chi connectivity index (χ2n) is 12.6. The zero-order valence-corrected chi connectivity index (χ0v) is 23.2. The van der Waals surface area contributed by atoms with Gasteiger partial charge in [0.15, 0.2) is 23.0 Å². The maximum absolute atomic E-state index is 14.4. The van der Waals surface area contributed by atoms with Crippen LogP contribution in [0.2, 0.25) is 0 Å². The summed E-state index contributed by atoms with van der Waals surface area (Å²) in [4.78, 5) is 55.4. The molecule has 2 N–H and O–H groups in total. The van der Waals surface area contributed by atoms with E-state index in [1.54, 1.807) is 19.1 Å². The summed E-state index contributed by atoms with van der Waals surface area (Å²) in [6.07, 6.45) is 1.65. The summed E-state index contributed by atoms with van der Waals surface area (Å²) in [5.41, 5.74) is -2.25. The maximum atomic E-state index is 14.4. The molecule has 5 atom stereocenters. The Labute approximate surface area is 229 Å². The third-order valence-electron chi connectivity index (χ3n) is 9.63. The first-order valence-electron chi connectivity index (χ1n) is 13.7. The lowest BCUT2D eigenvalue weighted by Gasteiger charge is -2.62. The molecule has 1 saturated carbocycles. The van der Waals surface area contributed by atoms with Crippen LogP contribution in [0, 0.1) is 28.6 Å². The number of benzene rings is 2. The molecule has 5 rings (SSSR count). The average Bonchev–Trinajstić information content (AvgIpc) is 2.84. The van der Waals surface area contributed by atoms with E-state index in [0.29, 0.717) is 30.4 Å². The van der Waals surface area contributed by atoms with E-state index in [9.17, 15) is 29.4 Å². The number of fused-ring (bicyclic) bond motifs is 3. The Balaban J connectivity index is 1.70. The van der Waals surface area contributed by atoms with E-state index >= 15 is 0 Å². The number of phenols is 1. The number of aryl methyl sites for hydroxylation is 1. The predicted molar refractivity (Wildman–Crippen MR) is 146 cm³/mol. The Morgan fingerprint density at radius 1 is 1.00 bits per heavy atom. The molecule has 0 amide bonds. The van der Waals surface area contributed by atoms with Gasteiger partial charge in [0.2, 0.25) is 5.78 Å². The van der Waals surface area contributed by atoms with Crippen molar-refractivity contribution < 1.29 is 29.4 Å². The number of ketones is 4. The summed E-state index contributed by atoms with van der Waals surface area (Å²) in [6.45, 7) is 8.95. The van der Waals surface area contributed by atoms with Crippen LogP contribution in [0.25, 0.3) is 0 Å². The van der Waals surface area contributed by atoms with E-state index in [1.807, 2.05) is 51.1 Å². The molecule has 6 heteroatoms. The lowest BCUT2D eigenvalue weighted by molar-refractivity contribution is -0.193. The van der Waals surface area contributed by atoms with E-state index < -0.39 is 51.4 Å². The van der Waals surface area contributed by atoms with E-state index in [-0.39, 0.29) is 29.2 Å². The van der Waals surface area contributed by atoms with Crippen molar-refractivity contribution in [3.8, 4) is 5.75 Å². The summed E-state index contributed by atoms with van der Waals surface area (Å²) >= 11 is 0. The molecule has 3 aliphatic carbocycles. The fourth-order valence-electron chi connectivity index (χ4n) is 8.37. The van der Waals surface area contributed by atoms with Gasteiger partial charge < -0.3 is 10.2 Å². The van der Waals surface area contributed by atoms with Gasteiger partial charge >= 0.3 is 0 Å². The van der Waals surface area contributed by atoms with Gasteiger partial charge in [-0.3, -0.25) is 19.2 Å². The zero-order chi connectivity index (χ0) is 28.5. The van der Waals surface area contributed by atoms with Gasteiger partial charge in [-0.05, 0) is 67.1 Å². The Hall–Kier alpha value is -3.38.